The summed E-state index contributed by atoms with van der Waals surface area (Å²) in [6.07, 6.45) is 3.28. The molecule has 0 bridgehead atoms. The minimum Gasteiger partial charge on any atom is -0.495 e. The number of rotatable bonds is 7. The molecule has 0 fully saturated rings. The maximum absolute atomic E-state index is 14.0. The van der Waals surface area contributed by atoms with Crippen LogP contribution in [0.4, 0.5) is 5.69 Å². The molecule has 0 saturated heterocycles. The van der Waals surface area contributed by atoms with Crippen LogP contribution in [0.15, 0.2) is 48.8 Å². The fourth-order valence-electron chi connectivity index (χ4n) is 4.47. The minimum atomic E-state index is -0.822. The predicted octanol–water partition coefficient (Wildman–Crippen LogP) is 4.32. The first-order valence-electron chi connectivity index (χ1n) is 11.0. The summed E-state index contributed by atoms with van der Waals surface area (Å²) < 4.78 is 21.6. The van der Waals surface area contributed by atoms with Crippen molar-refractivity contribution in [2.45, 2.75) is 12.0 Å². The van der Waals surface area contributed by atoms with E-state index in [9.17, 15) is 9.59 Å². The third-order valence-electron chi connectivity index (χ3n) is 6.21. The number of aromatic nitrogens is 1. The fraction of sp³-hybridized carbons (Fsp3) is 0.269. The zero-order valence-corrected chi connectivity index (χ0v) is 21.3. The molecule has 1 N–H and O–H groups in total. The number of fused-ring (bicyclic) bond motifs is 1. The van der Waals surface area contributed by atoms with Gasteiger partial charge in [-0.05, 0) is 35.4 Å². The average Bonchev–Trinajstić information content (AvgIpc) is 2.90. The van der Waals surface area contributed by atoms with E-state index in [-0.39, 0.29) is 11.8 Å². The summed E-state index contributed by atoms with van der Waals surface area (Å²) in [4.78, 5) is 33.2. The molecule has 0 unspecified atom stereocenters. The van der Waals surface area contributed by atoms with E-state index in [1.807, 2.05) is 6.07 Å². The molecular formula is C26H26ClN3O6. The molecule has 2 aromatic carbocycles. The quantitative estimate of drug-likeness (QED) is 0.504. The lowest BCUT2D eigenvalue weighted by Crippen LogP contribution is -2.44. The summed E-state index contributed by atoms with van der Waals surface area (Å²) in [6, 6.07) is 9.37. The molecule has 4 rings (SSSR count). The zero-order valence-electron chi connectivity index (χ0n) is 20.5. The number of nitrogens with zero attached hydrogens (tertiary/aromatic N) is 2. The van der Waals surface area contributed by atoms with E-state index < -0.39 is 12.0 Å². The Morgan fingerprint density at radius 1 is 0.972 bits per heavy atom. The fourth-order valence-corrected chi connectivity index (χ4v) is 4.71. The Labute approximate surface area is 213 Å². The number of amides is 2. The van der Waals surface area contributed by atoms with Gasteiger partial charge in [0.05, 0.1) is 51.1 Å². The molecule has 0 radical (unpaired) electrons. The molecule has 188 valence electrons. The van der Waals surface area contributed by atoms with Crippen LogP contribution in [0, 0.1) is 0 Å². The van der Waals surface area contributed by atoms with Gasteiger partial charge in [0.2, 0.25) is 5.91 Å². The van der Waals surface area contributed by atoms with E-state index in [1.54, 1.807) is 49.8 Å². The molecule has 0 spiro atoms. The molecule has 2 atom stereocenters. The van der Waals surface area contributed by atoms with Gasteiger partial charge in [-0.1, -0.05) is 17.7 Å². The van der Waals surface area contributed by atoms with Gasteiger partial charge in [0.15, 0.2) is 11.5 Å². The molecular weight excluding hydrogens is 486 g/mol. The first kappa shape index (κ1) is 25.1. The van der Waals surface area contributed by atoms with Crippen molar-refractivity contribution in [1.29, 1.82) is 0 Å². The number of hydrogen-bond donors (Lipinski definition) is 1. The highest BCUT2D eigenvalue weighted by Gasteiger charge is 2.44. The summed E-state index contributed by atoms with van der Waals surface area (Å²) in [7, 11) is 7.62. The number of nitrogens with one attached hydrogen (secondary N) is 1. The normalized spacial score (nSPS) is 16.7. The van der Waals surface area contributed by atoms with Gasteiger partial charge in [-0.15, -0.1) is 0 Å². The Kier molecular flexibility index (Phi) is 7.21. The van der Waals surface area contributed by atoms with E-state index in [4.69, 9.17) is 30.5 Å². The van der Waals surface area contributed by atoms with Crippen LogP contribution in [-0.4, -0.2) is 57.2 Å². The van der Waals surface area contributed by atoms with Crippen LogP contribution in [0.3, 0.4) is 0 Å². The number of anilines is 1. The molecule has 3 aromatic rings. The van der Waals surface area contributed by atoms with Crippen LogP contribution in [-0.2, 0) is 4.79 Å². The number of ether oxygens (including phenoxy) is 4. The number of methoxy groups -OCH3 is 4. The second-order valence-electron chi connectivity index (χ2n) is 8.10. The van der Waals surface area contributed by atoms with Gasteiger partial charge >= 0.3 is 0 Å². The van der Waals surface area contributed by atoms with Crippen molar-refractivity contribution in [3.8, 4) is 23.0 Å². The topological polar surface area (TPSA) is 99.2 Å². The van der Waals surface area contributed by atoms with Gasteiger partial charge in [-0.25, -0.2) is 0 Å². The first-order chi connectivity index (χ1) is 17.3. The van der Waals surface area contributed by atoms with Gasteiger partial charge < -0.3 is 29.2 Å². The zero-order chi connectivity index (χ0) is 26.0. The molecule has 9 nitrogen and oxygen atoms in total. The van der Waals surface area contributed by atoms with Crippen molar-refractivity contribution in [3.05, 3.63) is 70.5 Å². The predicted molar refractivity (Wildman–Crippen MR) is 135 cm³/mol. The van der Waals surface area contributed by atoms with Crippen molar-refractivity contribution in [1.82, 2.24) is 9.88 Å². The number of pyridine rings is 1. The molecule has 2 amide bonds. The number of benzene rings is 2. The average molecular weight is 512 g/mol. The lowest BCUT2D eigenvalue weighted by atomic mass is 9.79. The molecule has 0 saturated carbocycles. The maximum Gasteiger partial charge on any atom is 0.254 e. The van der Waals surface area contributed by atoms with Gasteiger partial charge in [-0.3, -0.25) is 14.6 Å². The third-order valence-corrected chi connectivity index (χ3v) is 6.51. The van der Waals surface area contributed by atoms with Crippen LogP contribution in [0.5, 0.6) is 23.0 Å². The van der Waals surface area contributed by atoms with Crippen molar-refractivity contribution in [2.75, 3.05) is 40.8 Å². The van der Waals surface area contributed by atoms with Crippen molar-refractivity contribution in [3.63, 3.8) is 0 Å². The van der Waals surface area contributed by atoms with E-state index >= 15 is 0 Å². The molecule has 36 heavy (non-hydrogen) atoms. The lowest BCUT2D eigenvalue weighted by molar-refractivity contribution is -0.119. The standard InChI is InChI=1S/C26H26ClN3O6/c1-30-24(14-7-6-8-28-13-14)23(15-9-21(35-4)22(36-5)10-16(15)26(30)32)25(31)29-18-11-17(27)19(33-2)12-20(18)34-3/h6-13,23-24H,1-5H3,(H,29,31)/t23-,24-/m0/s1. The summed E-state index contributed by atoms with van der Waals surface area (Å²) in [6.45, 7) is 0. The van der Waals surface area contributed by atoms with Gasteiger partial charge in [-0.2, -0.15) is 0 Å². The number of halogens is 1. The molecule has 1 aromatic heterocycles. The lowest BCUT2D eigenvalue weighted by Gasteiger charge is -2.40. The molecule has 2 heterocycles. The Balaban J connectivity index is 1.88. The highest BCUT2D eigenvalue weighted by atomic mass is 35.5. The van der Waals surface area contributed by atoms with E-state index in [2.05, 4.69) is 10.3 Å². The summed E-state index contributed by atoms with van der Waals surface area (Å²) >= 11 is 6.33. The van der Waals surface area contributed by atoms with E-state index in [0.717, 1.165) is 0 Å². The largest absolute Gasteiger partial charge is 0.495 e. The third kappa shape index (κ3) is 4.37. The smallest absolute Gasteiger partial charge is 0.254 e. The number of carbonyl (C=O) groups is 2. The van der Waals surface area contributed by atoms with Crippen LogP contribution in [0.2, 0.25) is 5.02 Å². The van der Waals surface area contributed by atoms with Crippen molar-refractivity contribution in [2.24, 2.45) is 0 Å². The molecule has 10 heteroatoms. The highest BCUT2D eigenvalue weighted by molar-refractivity contribution is 6.32. The van der Waals surface area contributed by atoms with Gasteiger partial charge in [0.25, 0.3) is 5.91 Å². The van der Waals surface area contributed by atoms with Crippen LogP contribution in [0.25, 0.3) is 0 Å². The number of carbonyl (C=O) groups excluding carboxylic acids is 2. The van der Waals surface area contributed by atoms with Crippen LogP contribution >= 0.6 is 11.6 Å². The highest BCUT2D eigenvalue weighted by Crippen LogP contribution is 2.46. The SMILES string of the molecule is COc1cc(OC)c(NC(=O)[C@H]2c3cc(OC)c(OC)cc3C(=O)N(C)[C@H]2c2cccnc2)cc1Cl. The number of likely N-dealkylation sites (N-methyl/N-ethyl adjacent to an activating group) is 1. The summed E-state index contributed by atoms with van der Waals surface area (Å²) in [5.41, 5.74) is 1.91. The second kappa shape index (κ2) is 10.3. The molecule has 1 aliphatic heterocycles. The van der Waals surface area contributed by atoms with Crippen LogP contribution in [0.1, 0.15) is 33.4 Å². The first-order valence-corrected chi connectivity index (χ1v) is 11.4. The monoisotopic (exact) mass is 511 g/mol. The Bertz CT molecular complexity index is 1300. The molecule has 1 aliphatic rings. The summed E-state index contributed by atoms with van der Waals surface area (Å²) in [5, 5.41) is 3.24. The van der Waals surface area contributed by atoms with Crippen LogP contribution < -0.4 is 24.3 Å². The summed E-state index contributed by atoms with van der Waals surface area (Å²) in [5.74, 6) is 0.115. The van der Waals surface area contributed by atoms with Crippen molar-refractivity contribution >= 4 is 29.1 Å². The Morgan fingerprint density at radius 3 is 2.25 bits per heavy atom. The Morgan fingerprint density at radius 2 is 1.64 bits per heavy atom. The second-order valence-corrected chi connectivity index (χ2v) is 8.50. The molecule has 0 aliphatic carbocycles. The van der Waals surface area contributed by atoms with Gasteiger partial charge in [0, 0.05) is 31.1 Å². The van der Waals surface area contributed by atoms with E-state index in [1.165, 1.54) is 33.3 Å². The Hall–Kier alpha value is -3.98. The van der Waals surface area contributed by atoms with E-state index in [0.29, 0.717) is 50.4 Å². The minimum absolute atomic E-state index is 0.256. The number of hydrogen-bond acceptors (Lipinski definition) is 7. The van der Waals surface area contributed by atoms with Crippen molar-refractivity contribution < 1.29 is 28.5 Å². The van der Waals surface area contributed by atoms with Gasteiger partial charge in [0.1, 0.15) is 11.5 Å². The maximum atomic E-state index is 14.0.